The highest BCUT2D eigenvalue weighted by Crippen LogP contribution is 2.36. The first kappa shape index (κ1) is 10.9. The lowest BCUT2D eigenvalue weighted by Crippen LogP contribution is -2.45. The van der Waals surface area contributed by atoms with E-state index in [4.69, 9.17) is 4.74 Å². The lowest BCUT2D eigenvalue weighted by molar-refractivity contribution is -0.122. The molecule has 16 heavy (non-hydrogen) atoms. The van der Waals surface area contributed by atoms with Crippen molar-refractivity contribution < 1.29 is 13.9 Å². The van der Waals surface area contributed by atoms with E-state index in [2.05, 4.69) is 5.32 Å². The van der Waals surface area contributed by atoms with Crippen LogP contribution in [0, 0.1) is 5.82 Å². The van der Waals surface area contributed by atoms with Crippen molar-refractivity contribution in [3.05, 3.63) is 23.5 Å². The number of rotatable bonds is 1. The largest absolute Gasteiger partial charge is 0.496 e. The maximum atomic E-state index is 13.6. The van der Waals surface area contributed by atoms with Gasteiger partial charge in [0.05, 0.1) is 18.3 Å². The van der Waals surface area contributed by atoms with E-state index in [1.54, 1.807) is 19.9 Å². The molecule has 0 aromatic heterocycles. The van der Waals surface area contributed by atoms with Crippen LogP contribution >= 0.6 is 0 Å². The molecule has 0 aliphatic carbocycles. The summed E-state index contributed by atoms with van der Waals surface area (Å²) in [6, 6.07) is 2.89. The number of ketones is 1. The van der Waals surface area contributed by atoms with Crippen molar-refractivity contribution in [3.63, 3.8) is 0 Å². The van der Waals surface area contributed by atoms with Crippen molar-refractivity contribution >= 4 is 11.5 Å². The van der Waals surface area contributed by atoms with Crippen LogP contribution in [-0.2, 0) is 11.2 Å². The second-order valence-corrected chi connectivity index (χ2v) is 4.45. The molecule has 86 valence electrons. The molecular weight excluding hydrogens is 209 g/mol. The van der Waals surface area contributed by atoms with Crippen LogP contribution in [-0.4, -0.2) is 18.4 Å². The maximum absolute atomic E-state index is 13.6. The molecule has 1 aromatic rings. The van der Waals surface area contributed by atoms with E-state index in [0.29, 0.717) is 17.0 Å². The second-order valence-electron chi connectivity index (χ2n) is 4.45. The standard InChI is InChI=1S/C12H14FNO2/c1-12(2)10(15)6-7-9(16-3)5-4-8(13)11(7)14-12/h4-5,14H,6H2,1-3H3. The lowest BCUT2D eigenvalue weighted by atomic mass is 9.87. The molecule has 0 bridgehead atoms. The molecule has 0 fully saturated rings. The van der Waals surface area contributed by atoms with Gasteiger partial charge >= 0.3 is 0 Å². The highest BCUT2D eigenvalue weighted by molar-refractivity contribution is 5.96. The molecule has 4 heteroatoms. The van der Waals surface area contributed by atoms with Crippen LogP contribution < -0.4 is 10.1 Å². The van der Waals surface area contributed by atoms with Gasteiger partial charge in [-0.3, -0.25) is 4.79 Å². The van der Waals surface area contributed by atoms with Crippen molar-refractivity contribution in [2.75, 3.05) is 12.4 Å². The molecule has 1 N–H and O–H groups in total. The average molecular weight is 223 g/mol. The van der Waals surface area contributed by atoms with Crippen LogP contribution in [0.25, 0.3) is 0 Å². The van der Waals surface area contributed by atoms with Gasteiger partial charge in [-0.05, 0) is 26.0 Å². The number of nitrogens with one attached hydrogen (secondary N) is 1. The number of carbonyl (C=O) groups excluding carboxylic acids is 1. The summed E-state index contributed by atoms with van der Waals surface area (Å²) in [6.45, 7) is 3.49. The summed E-state index contributed by atoms with van der Waals surface area (Å²) in [5, 5.41) is 2.92. The lowest BCUT2D eigenvalue weighted by Gasteiger charge is -2.33. The van der Waals surface area contributed by atoms with E-state index in [9.17, 15) is 9.18 Å². The predicted octanol–water partition coefficient (Wildman–Crippen LogP) is 2.15. The van der Waals surface area contributed by atoms with Crippen molar-refractivity contribution in [2.45, 2.75) is 25.8 Å². The quantitative estimate of drug-likeness (QED) is 0.792. The Balaban J connectivity index is 2.57. The Bertz CT molecular complexity index is 455. The molecule has 0 saturated heterocycles. The minimum absolute atomic E-state index is 0.0314. The van der Waals surface area contributed by atoms with Crippen LogP contribution in [0.1, 0.15) is 19.4 Å². The number of fused-ring (bicyclic) bond motifs is 1. The minimum atomic E-state index is -0.722. The smallest absolute Gasteiger partial charge is 0.162 e. The number of methoxy groups -OCH3 is 1. The van der Waals surface area contributed by atoms with Crippen molar-refractivity contribution in [1.82, 2.24) is 0 Å². The molecule has 0 saturated carbocycles. The molecule has 1 aliphatic rings. The van der Waals surface area contributed by atoms with Gasteiger partial charge in [-0.25, -0.2) is 4.39 Å². The summed E-state index contributed by atoms with van der Waals surface area (Å²) < 4.78 is 18.8. The van der Waals surface area contributed by atoms with E-state index in [-0.39, 0.29) is 18.0 Å². The Morgan fingerprint density at radius 2 is 2.12 bits per heavy atom. The van der Waals surface area contributed by atoms with E-state index in [1.807, 2.05) is 0 Å². The first-order chi connectivity index (χ1) is 7.45. The number of hydrogen-bond acceptors (Lipinski definition) is 3. The number of anilines is 1. The highest BCUT2D eigenvalue weighted by Gasteiger charge is 2.35. The molecule has 0 amide bonds. The van der Waals surface area contributed by atoms with Gasteiger partial charge in [0.25, 0.3) is 0 Å². The molecule has 3 nitrogen and oxygen atoms in total. The molecule has 0 radical (unpaired) electrons. The van der Waals surface area contributed by atoms with Crippen LogP contribution in [0.4, 0.5) is 10.1 Å². The zero-order valence-electron chi connectivity index (χ0n) is 9.56. The number of Topliss-reactive ketones (excluding diaryl/α,β-unsaturated/α-hetero) is 1. The van der Waals surface area contributed by atoms with Crippen LogP contribution in [0.2, 0.25) is 0 Å². The second kappa shape index (κ2) is 3.47. The van der Waals surface area contributed by atoms with Crippen LogP contribution in [0.3, 0.4) is 0 Å². The van der Waals surface area contributed by atoms with Crippen LogP contribution in [0.15, 0.2) is 12.1 Å². The van der Waals surface area contributed by atoms with Crippen molar-refractivity contribution in [2.24, 2.45) is 0 Å². The molecule has 0 atom stereocenters. The van der Waals surface area contributed by atoms with Crippen molar-refractivity contribution in [1.29, 1.82) is 0 Å². The molecule has 0 unspecified atom stereocenters. The third-order valence-corrected chi connectivity index (χ3v) is 2.91. The molecule has 1 aromatic carbocycles. The van der Waals surface area contributed by atoms with Gasteiger partial charge in [-0.2, -0.15) is 0 Å². The predicted molar refractivity (Wildman–Crippen MR) is 59.4 cm³/mol. The van der Waals surface area contributed by atoms with Crippen molar-refractivity contribution in [3.8, 4) is 5.75 Å². The normalized spacial score (nSPS) is 17.6. The summed E-state index contributed by atoms with van der Waals surface area (Å²) >= 11 is 0. The van der Waals surface area contributed by atoms with E-state index in [0.717, 1.165) is 0 Å². The van der Waals surface area contributed by atoms with Gasteiger partial charge in [-0.15, -0.1) is 0 Å². The first-order valence-electron chi connectivity index (χ1n) is 5.12. The van der Waals surface area contributed by atoms with Gasteiger partial charge in [0.15, 0.2) is 5.78 Å². The molecule has 0 spiro atoms. The fourth-order valence-corrected chi connectivity index (χ4v) is 1.87. The summed E-state index contributed by atoms with van der Waals surface area (Å²) in [6.07, 6.45) is 0.205. The number of ether oxygens (including phenoxy) is 1. The van der Waals surface area contributed by atoms with Gasteiger partial charge in [0, 0.05) is 12.0 Å². The monoisotopic (exact) mass is 223 g/mol. The molecule has 1 aliphatic heterocycles. The van der Waals surface area contributed by atoms with E-state index >= 15 is 0 Å². The summed E-state index contributed by atoms with van der Waals surface area (Å²) in [7, 11) is 1.51. The van der Waals surface area contributed by atoms with Gasteiger partial charge in [0.1, 0.15) is 11.6 Å². The summed E-state index contributed by atoms with van der Waals surface area (Å²) in [5.41, 5.74) is 0.260. The zero-order valence-corrected chi connectivity index (χ0v) is 9.56. The zero-order chi connectivity index (χ0) is 11.9. The molecular formula is C12H14FNO2. The fraction of sp³-hybridized carbons (Fsp3) is 0.417. The number of hydrogen-bond donors (Lipinski definition) is 1. The summed E-state index contributed by atoms with van der Waals surface area (Å²) in [5.74, 6) is 0.230. The Morgan fingerprint density at radius 3 is 2.75 bits per heavy atom. The number of benzene rings is 1. The topological polar surface area (TPSA) is 38.3 Å². The van der Waals surface area contributed by atoms with E-state index < -0.39 is 5.54 Å². The van der Waals surface area contributed by atoms with Gasteiger partial charge in [-0.1, -0.05) is 0 Å². The first-order valence-corrected chi connectivity index (χ1v) is 5.12. The number of carbonyl (C=O) groups is 1. The SMILES string of the molecule is COc1ccc(F)c2c1CC(=O)C(C)(C)N2. The molecule has 1 heterocycles. The number of halogens is 1. The Hall–Kier alpha value is -1.58. The van der Waals surface area contributed by atoms with Gasteiger partial charge in [0.2, 0.25) is 0 Å². The Labute approximate surface area is 93.6 Å². The minimum Gasteiger partial charge on any atom is -0.496 e. The Kier molecular flexibility index (Phi) is 2.37. The fourth-order valence-electron chi connectivity index (χ4n) is 1.87. The highest BCUT2D eigenvalue weighted by atomic mass is 19.1. The summed E-state index contributed by atoms with van der Waals surface area (Å²) in [4.78, 5) is 11.8. The third kappa shape index (κ3) is 1.54. The van der Waals surface area contributed by atoms with E-state index in [1.165, 1.54) is 13.2 Å². The Morgan fingerprint density at radius 1 is 1.44 bits per heavy atom. The third-order valence-electron chi connectivity index (χ3n) is 2.91. The molecule has 2 rings (SSSR count). The maximum Gasteiger partial charge on any atom is 0.162 e. The average Bonchev–Trinajstić information content (AvgIpc) is 2.22. The van der Waals surface area contributed by atoms with Crippen LogP contribution in [0.5, 0.6) is 5.75 Å². The van der Waals surface area contributed by atoms with Gasteiger partial charge < -0.3 is 10.1 Å².